The first-order valence-corrected chi connectivity index (χ1v) is 9.10. The maximum Gasteiger partial charge on any atom is 0.313 e. The predicted octanol–water partition coefficient (Wildman–Crippen LogP) is 3.45. The quantitative estimate of drug-likeness (QED) is 0.800. The zero-order valence-electron chi connectivity index (χ0n) is 14.5. The number of ether oxygens (including phenoxy) is 1. The van der Waals surface area contributed by atoms with Crippen molar-refractivity contribution >= 4 is 17.6 Å². The van der Waals surface area contributed by atoms with Crippen molar-refractivity contribution in [3.8, 4) is 0 Å². The average molecular weight is 362 g/mol. The Labute approximate surface area is 153 Å². The monoisotopic (exact) mass is 361 g/mol. The summed E-state index contributed by atoms with van der Waals surface area (Å²) in [4.78, 5) is 22.4. The van der Waals surface area contributed by atoms with E-state index in [1.54, 1.807) is 6.33 Å². The van der Waals surface area contributed by atoms with Gasteiger partial charge in [-0.05, 0) is 50.4 Å². The molecule has 1 aliphatic heterocycles. The van der Waals surface area contributed by atoms with Gasteiger partial charge in [0.15, 0.2) is 0 Å². The molecule has 5 nitrogen and oxygen atoms in total. The molecule has 1 fully saturated rings. The van der Waals surface area contributed by atoms with Gasteiger partial charge < -0.3 is 9.72 Å². The second kappa shape index (κ2) is 8.02. The van der Waals surface area contributed by atoms with Gasteiger partial charge in [0.1, 0.15) is 0 Å². The van der Waals surface area contributed by atoms with E-state index in [0.29, 0.717) is 24.6 Å². The molecule has 1 aromatic carbocycles. The minimum atomic E-state index is -0.529. The normalized spacial score (nSPS) is 21.2. The summed E-state index contributed by atoms with van der Waals surface area (Å²) in [5.41, 5.74) is 1.60. The highest BCUT2D eigenvalue weighted by Gasteiger charge is 2.43. The van der Waals surface area contributed by atoms with Gasteiger partial charge in [-0.15, -0.1) is 0 Å². The Hall–Kier alpha value is -1.85. The van der Waals surface area contributed by atoms with Gasteiger partial charge in [0.2, 0.25) is 0 Å². The fourth-order valence-electron chi connectivity index (χ4n) is 3.68. The Morgan fingerprint density at radius 1 is 1.48 bits per heavy atom. The number of carbonyl (C=O) groups excluding carboxylic acids is 1. The van der Waals surface area contributed by atoms with E-state index in [4.69, 9.17) is 16.3 Å². The summed E-state index contributed by atoms with van der Waals surface area (Å²) in [6.07, 6.45) is 5.96. The van der Waals surface area contributed by atoms with E-state index in [9.17, 15) is 4.79 Å². The Kier molecular flexibility index (Phi) is 5.76. The molecule has 0 spiro atoms. The second-order valence-corrected chi connectivity index (χ2v) is 7.13. The number of aromatic nitrogens is 2. The summed E-state index contributed by atoms with van der Waals surface area (Å²) in [6.45, 7) is 4.66. The largest absolute Gasteiger partial charge is 0.466 e. The molecule has 25 heavy (non-hydrogen) atoms. The molecule has 0 unspecified atom stereocenters. The predicted molar refractivity (Wildman–Crippen MR) is 97.3 cm³/mol. The summed E-state index contributed by atoms with van der Waals surface area (Å²) in [5, 5.41) is 0.696. The summed E-state index contributed by atoms with van der Waals surface area (Å²) < 4.78 is 5.45. The van der Waals surface area contributed by atoms with Crippen LogP contribution in [0.3, 0.4) is 0 Å². The Balaban J connectivity index is 1.81. The molecular weight excluding hydrogens is 338 g/mol. The first-order chi connectivity index (χ1) is 12.1. The van der Waals surface area contributed by atoms with Crippen LogP contribution in [0.5, 0.6) is 0 Å². The highest BCUT2D eigenvalue weighted by atomic mass is 35.5. The molecule has 0 saturated carbocycles. The second-order valence-electron chi connectivity index (χ2n) is 6.70. The number of halogens is 1. The third kappa shape index (κ3) is 4.41. The molecule has 1 aliphatic rings. The number of rotatable bonds is 6. The summed E-state index contributed by atoms with van der Waals surface area (Å²) in [6, 6.07) is 7.76. The third-order valence-electron chi connectivity index (χ3n) is 4.74. The SMILES string of the molecule is CCOC(=O)[C@@]1(Cc2cccc(Cl)c2)CCCN(Cc2cnc[nH]2)C1. The number of likely N-dealkylation sites (tertiary alicyclic amines) is 1. The van der Waals surface area contributed by atoms with Gasteiger partial charge in [-0.1, -0.05) is 23.7 Å². The Morgan fingerprint density at radius 2 is 2.36 bits per heavy atom. The zero-order chi connectivity index (χ0) is 17.7. The van der Waals surface area contributed by atoms with Crippen molar-refractivity contribution < 1.29 is 9.53 Å². The fraction of sp³-hybridized carbons (Fsp3) is 0.474. The fourth-order valence-corrected chi connectivity index (χ4v) is 3.89. The highest BCUT2D eigenvalue weighted by molar-refractivity contribution is 6.30. The van der Waals surface area contributed by atoms with Crippen LogP contribution in [0.1, 0.15) is 31.0 Å². The first-order valence-electron chi connectivity index (χ1n) is 8.72. The van der Waals surface area contributed by atoms with Crippen molar-refractivity contribution in [1.29, 1.82) is 0 Å². The standard InChI is InChI=1S/C19H24ClN3O2/c1-2-25-18(24)19(10-15-5-3-6-16(20)9-15)7-4-8-23(13-19)12-17-11-21-14-22-17/h3,5-6,9,11,14H,2,4,7-8,10,12-13H2,1H3,(H,21,22)/t19-/m1/s1. The minimum Gasteiger partial charge on any atom is -0.466 e. The lowest BCUT2D eigenvalue weighted by Gasteiger charge is -2.41. The van der Waals surface area contributed by atoms with Gasteiger partial charge in [0.25, 0.3) is 0 Å². The lowest BCUT2D eigenvalue weighted by atomic mass is 9.75. The van der Waals surface area contributed by atoms with Crippen LogP contribution in [0, 0.1) is 5.41 Å². The van der Waals surface area contributed by atoms with Crippen LogP contribution in [-0.2, 0) is 22.5 Å². The molecule has 1 aromatic heterocycles. The number of hydrogen-bond acceptors (Lipinski definition) is 4. The molecule has 0 aliphatic carbocycles. The number of carbonyl (C=O) groups is 1. The molecule has 2 aromatic rings. The summed E-state index contributed by atoms with van der Waals surface area (Å²) in [7, 11) is 0. The van der Waals surface area contributed by atoms with Crippen LogP contribution in [0.15, 0.2) is 36.8 Å². The number of benzene rings is 1. The van der Waals surface area contributed by atoms with Gasteiger partial charge in [-0.3, -0.25) is 9.69 Å². The third-order valence-corrected chi connectivity index (χ3v) is 4.98. The molecule has 2 heterocycles. The van der Waals surface area contributed by atoms with Gasteiger partial charge in [0.05, 0.1) is 18.3 Å². The van der Waals surface area contributed by atoms with E-state index in [2.05, 4.69) is 14.9 Å². The molecule has 1 N–H and O–H groups in total. The van der Waals surface area contributed by atoms with E-state index in [1.165, 1.54) is 0 Å². The van der Waals surface area contributed by atoms with Crippen LogP contribution in [0.4, 0.5) is 0 Å². The highest BCUT2D eigenvalue weighted by Crippen LogP contribution is 2.36. The number of esters is 1. The molecule has 134 valence electrons. The van der Waals surface area contributed by atoms with Crippen LogP contribution in [0.25, 0.3) is 0 Å². The van der Waals surface area contributed by atoms with Crippen LogP contribution in [0.2, 0.25) is 5.02 Å². The number of nitrogens with zero attached hydrogens (tertiary/aromatic N) is 2. The van der Waals surface area contributed by atoms with Crippen molar-refractivity contribution in [2.75, 3.05) is 19.7 Å². The van der Waals surface area contributed by atoms with E-state index in [-0.39, 0.29) is 5.97 Å². The number of hydrogen-bond donors (Lipinski definition) is 1. The van der Waals surface area contributed by atoms with Crippen LogP contribution >= 0.6 is 11.6 Å². The van der Waals surface area contributed by atoms with Gasteiger partial charge in [-0.2, -0.15) is 0 Å². The number of aromatic amines is 1. The maximum absolute atomic E-state index is 12.9. The summed E-state index contributed by atoms with van der Waals surface area (Å²) >= 11 is 6.13. The molecular formula is C19H24ClN3O2. The van der Waals surface area contributed by atoms with Gasteiger partial charge >= 0.3 is 5.97 Å². The number of imidazole rings is 1. The summed E-state index contributed by atoms with van der Waals surface area (Å²) in [5.74, 6) is -0.107. The molecule has 6 heteroatoms. The molecule has 0 bridgehead atoms. The van der Waals surface area contributed by atoms with E-state index < -0.39 is 5.41 Å². The van der Waals surface area contributed by atoms with Crippen molar-refractivity contribution in [3.05, 3.63) is 53.1 Å². The van der Waals surface area contributed by atoms with E-state index >= 15 is 0 Å². The number of nitrogens with one attached hydrogen (secondary N) is 1. The lowest BCUT2D eigenvalue weighted by Crippen LogP contribution is -2.49. The Morgan fingerprint density at radius 3 is 3.08 bits per heavy atom. The Bertz CT molecular complexity index is 704. The van der Waals surface area contributed by atoms with Crippen molar-refractivity contribution in [3.63, 3.8) is 0 Å². The van der Waals surface area contributed by atoms with E-state index in [1.807, 2.05) is 37.4 Å². The first kappa shape index (κ1) is 18.0. The van der Waals surface area contributed by atoms with Crippen LogP contribution in [-0.4, -0.2) is 40.5 Å². The molecule has 1 saturated heterocycles. The minimum absolute atomic E-state index is 0.107. The van der Waals surface area contributed by atoms with Crippen molar-refractivity contribution in [1.82, 2.24) is 14.9 Å². The number of H-pyrrole nitrogens is 1. The smallest absolute Gasteiger partial charge is 0.313 e. The molecule has 1 atom stereocenters. The van der Waals surface area contributed by atoms with Gasteiger partial charge in [0, 0.05) is 30.0 Å². The van der Waals surface area contributed by atoms with Crippen molar-refractivity contribution in [2.24, 2.45) is 5.41 Å². The number of piperidine rings is 1. The molecule has 0 amide bonds. The maximum atomic E-state index is 12.9. The van der Waals surface area contributed by atoms with E-state index in [0.717, 1.165) is 37.2 Å². The van der Waals surface area contributed by atoms with Gasteiger partial charge in [-0.25, -0.2) is 4.98 Å². The topological polar surface area (TPSA) is 58.2 Å². The molecule has 0 radical (unpaired) electrons. The zero-order valence-corrected chi connectivity index (χ0v) is 15.3. The molecule has 3 rings (SSSR count). The van der Waals surface area contributed by atoms with Crippen LogP contribution < -0.4 is 0 Å². The average Bonchev–Trinajstić information content (AvgIpc) is 3.08. The lowest BCUT2D eigenvalue weighted by molar-refractivity contribution is -0.159. The van der Waals surface area contributed by atoms with Crippen molar-refractivity contribution in [2.45, 2.75) is 32.7 Å².